The zero-order valence-corrected chi connectivity index (χ0v) is 13.5. The summed E-state index contributed by atoms with van der Waals surface area (Å²) in [5.74, 6) is -0.428. The van der Waals surface area contributed by atoms with Gasteiger partial charge in [0.25, 0.3) is 0 Å². The number of carbonyl (C=O) groups is 1. The third-order valence-electron chi connectivity index (χ3n) is 2.47. The lowest BCUT2D eigenvalue weighted by molar-refractivity contribution is -0.116. The summed E-state index contributed by atoms with van der Waals surface area (Å²) in [7, 11) is -3.40. The van der Waals surface area contributed by atoms with Crippen LogP contribution in [0.1, 0.15) is 13.3 Å². The summed E-state index contributed by atoms with van der Waals surface area (Å²) in [5, 5.41) is 3.28. The lowest BCUT2D eigenvalue weighted by atomic mass is 10.3. The molecule has 0 heterocycles. The molecule has 0 spiro atoms. The first-order valence-electron chi connectivity index (χ1n) is 5.94. The van der Waals surface area contributed by atoms with E-state index in [-0.39, 0.29) is 6.54 Å². The number of hydrogen-bond donors (Lipinski definition) is 1. The van der Waals surface area contributed by atoms with Gasteiger partial charge in [-0.05, 0) is 24.6 Å². The monoisotopic (exact) mass is 338 g/mol. The van der Waals surface area contributed by atoms with Crippen molar-refractivity contribution in [3.63, 3.8) is 0 Å². The zero-order chi connectivity index (χ0) is 15.3. The van der Waals surface area contributed by atoms with E-state index in [1.54, 1.807) is 12.1 Å². The summed E-state index contributed by atoms with van der Waals surface area (Å²) in [6.45, 7) is 1.91. The van der Waals surface area contributed by atoms with Gasteiger partial charge in [-0.3, -0.25) is 4.79 Å². The molecule has 1 aromatic carbocycles. The molecule has 112 valence electrons. The number of amides is 1. The smallest absolute Gasteiger partial charge is 0.239 e. The molecule has 1 aromatic rings. The highest BCUT2D eigenvalue weighted by atomic mass is 35.5. The predicted octanol–water partition coefficient (Wildman–Crippen LogP) is 2.60. The second-order valence-corrected chi connectivity index (χ2v) is 7.07. The minimum Gasteiger partial charge on any atom is -0.325 e. The number of halogens is 2. The Morgan fingerprint density at radius 3 is 2.45 bits per heavy atom. The molecule has 0 aromatic heterocycles. The van der Waals surface area contributed by atoms with Gasteiger partial charge in [0.15, 0.2) is 0 Å². The second kappa shape index (κ2) is 7.26. The number of benzene rings is 1. The van der Waals surface area contributed by atoms with E-state index < -0.39 is 15.9 Å². The van der Waals surface area contributed by atoms with E-state index in [1.807, 2.05) is 6.92 Å². The molecule has 1 amide bonds. The van der Waals surface area contributed by atoms with E-state index in [9.17, 15) is 13.2 Å². The van der Waals surface area contributed by atoms with Crippen LogP contribution >= 0.6 is 23.2 Å². The van der Waals surface area contributed by atoms with E-state index in [0.717, 1.165) is 10.6 Å². The van der Waals surface area contributed by atoms with Gasteiger partial charge in [0.1, 0.15) is 0 Å². The van der Waals surface area contributed by atoms with Crippen LogP contribution in [0.2, 0.25) is 10.0 Å². The van der Waals surface area contributed by atoms with Gasteiger partial charge < -0.3 is 5.32 Å². The van der Waals surface area contributed by atoms with Crippen LogP contribution in [0.25, 0.3) is 0 Å². The molecule has 0 aliphatic heterocycles. The molecule has 0 bridgehead atoms. The van der Waals surface area contributed by atoms with Crippen molar-refractivity contribution in [3.05, 3.63) is 28.2 Å². The number of anilines is 1. The van der Waals surface area contributed by atoms with E-state index in [4.69, 9.17) is 23.2 Å². The lowest BCUT2D eigenvalue weighted by Gasteiger charge is -2.18. The molecule has 8 heteroatoms. The van der Waals surface area contributed by atoms with Crippen LogP contribution in [0, 0.1) is 0 Å². The maximum absolute atomic E-state index is 11.8. The van der Waals surface area contributed by atoms with Crippen molar-refractivity contribution in [3.8, 4) is 0 Å². The average molecular weight is 339 g/mol. The summed E-state index contributed by atoms with van der Waals surface area (Å²) in [6, 6.07) is 4.66. The molecular weight excluding hydrogens is 323 g/mol. The van der Waals surface area contributed by atoms with Gasteiger partial charge in [0.2, 0.25) is 15.9 Å². The van der Waals surface area contributed by atoms with Crippen molar-refractivity contribution in [2.75, 3.05) is 24.7 Å². The second-order valence-electron chi connectivity index (χ2n) is 4.27. The van der Waals surface area contributed by atoms with Gasteiger partial charge >= 0.3 is 0 Å². The van der Waals surface area contributed by atoms with Gasteiger partial charge in [-0.2, -0.15) is 4.31 Å². The molecule has 5 nitrogen and oxygen atoms in total. The number of carbonyl (C=O) groups excluding carboxylic acids is 1. The maximum Gasteiger partial charge on any atom is 0.239 e. The van der Waals surface area contributed by atoms with E-state index >= 15 is 0 Å². The van der Waals surface area contributed by atoms with Gasteiger partial charge in [0, 0.05) is 12.2 Å². The van der Waals surface area contributed by atoms with Crippen molar-refractivity contribution < 1.29 is 13.2 Å². The molecule has 1 N–H and O–H groups in total. The molecule has 20 heavy (non-hydrogen) atoms. The van der Waals surface area contributed by atoms with Crippen LogP contribution in [-0.2, 0) is 14.8 Å². The summed E-state index contributed by atoms with van der Waals surface area (Å²) < 4.78 is 24.2. The van der Waals surface area contributed by atoms with Gasteiger partial charge in [0.05, 0.1) is 22.8 Å². The van der Waals surface area contributed by atoms with Gasteiger partial charge in [-0.25, -0.2) is 8.42 Å². The molecule has 0 saturated carbocycles. The molecule has 0 fully saturated rings. The Morgan fingerprint density at radius 1 is 1.30 bits per heavy atom. The molecule has 0 aliphatic carbocycles. The first-order valence-corrected chi connectivity index (χ1v) is 8.54. The fourth-order valence-electron chi connectivity index (χ4n) is 1.55. The van der Waals surface area contributed by atoms with Crippen LogP contribution in [0.5, 0.6) is 0 Å². The zero-order valence-electron chi connectivity index (χ0n) is 11.2. The molecule has 0 aliphatic rings. The molecule has 1 rings (SSSR count). The Morgan fingerprint density at radius 2 is 1.95 bits per heavy atom. The fraction of sp³-hybridized carbons (Fsp3) is 0.417. The molecule has 0 unspecified atom stereocenters. The first kappa shape index (κ1) is 17.2. The van der Waals surface area contributed by atoms with Crippen LogP contribution < -0.4 is 5.32 Å². The number of nitrogens with zero attached hydrogens (tertiary/aromatic N) is 1. The summed E-state index contributed by atoms with van der Waals surface area (Å²) in [5.41, 5.74) is 0.467. The highest BCUT2D eigenvalue weighted by Crippen LogP contribution is 2.24. The highest BCUT2D eigenvalue weighted by Gasteiger charge is 2.19. The van der Waals surface area contributed by atoms with Crippen molar-refractivity contribution in [2.45, 2.75) is 13.3 Å². The van der Waals surface area contributed by atoms with Crippen molar-refractivity contribution in [1.29, 1.82) is 0 Å². The van der Waals surface area contributed by atoms with Gasteiger partial charge in [-0.1, -0.05) is 30.1 Å². The Balaban J connectivity index is 2.73. The average Bonchev–Trinajstić information content (AvgIpc) is 2.32. The van der Waals surface area contributed by atoms with Crippen LogP contribution in [0.15, 0.2) is 18.2 Å². The minimum absolute atomic E-state index is 0.229. The standard InChI is InChI=1S/C12H16Cl2N2O3S/c1-3-6-16(20(2,18)19)8-12(17)15-9-4-5-10(13)11(14)7-9/h4-5,7H,3,6,8H2,1-2H3,(H,15,17). The highest BCUT2D eigenvalue weighted by molar-refractivity contribution is 7.88. The van der Waals surface area contributed by atoms with E-state index in [0.29, 0.717) is 28.7 Å². The Labute approximate surface area is 128 Å². The Hall–Kier alpha value is -0.820. The summed E-state index contributed by atoms with van der Waals surface area (Å²) >= 11 is 11.6. The van der Waals surface area contributed by atoms with Crippen molar-refractivity contribution >= 4 is 44.8 Å². The summed E-state index contributed by atoms with van der Waals surface area (Å²) in [6.07, 6.45) is 1.71. The molecule has 0 radical (unpaired) electrons. The maximum atomic E-state index is 11.8. The van der Waals surface area contributed by atoms with Crippen LogP contribution in [0.3, 0.4) is 0 Å². The molecular formula is C12H16Cl2N2O3S. The fourth-order valence-corrected chi connectivity index (χ4v) is 2.71. The number of sulfonamides is 1. The quantitative estimate of drug-likeness (QED) is 0.866. The van der Waals surface area contributed by atoms with E-state index in [1.165, 1.54) is 6.07 Å². The normalized spacial score (nSPS) is 11.7. The number of hydrogen-bond acceptors (Lipinski definition) is 3. The first-order chi connectivity index (χ1) is 9.24. The number of rotatable bonds is 6. The van der Waals surface area contributed by atoms with Crippen LogP contribution in [-0.4, -0.2) is 38.0 Å². The topological polar surface area (TPSA) is 66.5 Å². The molecule has 0 saturated heterocycles. The van der Waals surface area contributed by atoms with Crippen molar-refractivity contribution in [2.24, 2.45) is 0 Å². The van der Waals surface area contributed by atoms with Crippen molar-refractivity contribution in [1.82, 2.24) is 4.31 Å². The van der Waals surface area contributed by atoms with E-state index in [2.05, 4.69) is 5.32 Å². The third kappa shape index (κ3) is 5.28. The Bertz CT molecular complexity index is 590. The third-order valence-corrected chi connectivity index (χ3v) is 4.45. The number of nitrogens with one attached hydrogen (secondary N) is 1. The SMILES string of the molecule is CCCN(CC(=O)Nc1ccc(Cl)c(Cl)c1)S(C)(=O)=O. The predicted molar refractivity (Wildman–Crippen MR) is 81.8 cm³/mol. The lowest BCUT2D eigenvalue weighted by Crippen LogP contribution is -2.37. The summed E-state index contributed by atoms with van der Waals surface area (Å²) in [4.78, 5) is 11.8. The molecule has 0 atom stereocenters. The van der Waals surface area contributed by atoms with Crippen LogP contribution in [0.4, 0.5) is 5.69 Å². The van der Waals surface area contributed by atoms with Gasteiger partial charge in [-0.15, -0.1) is 0 Å². The minimum atomic E-state index is -3.40. The Kier molecular flexibility index (Phi) is 6.26. The largest absolute Gasteiger partial charge is 0.325 e.